The Bertz CT molecular complexity index is 1110. The van der Waals surface area contributed by atoms with Gasteiger partial charge in [-0.1, -0.05) is 31.5 Å². The van der Waals surface area contributed by atoms with Gasteiger partial charge in [0, 0.05) is 17.7 Å². The second kappa shape index (κ2) is 9.04. The van der Waals surface area contributed by atoms with Crippen molar-refractivity contribution in [1.82, 2.24) is 15.1 Å². The van der Waals surface area contributed by atoms with Crippen LogP contribution in [-0.2, 0) is 0 Å². The van der Waals surface area contributed by atoms with E-state index in [9.17, 15) is 15.0 Å². The van der Waals surface area contributed by atoms with Crippen molar-refractivity contribution in [3.8, 4) is 22.8 Å². The fourth-order valence-electron chi connectivity index (χ4n) is 4.43. The summed E-state index contributed by atoms with van der Waals surface area (Å²) in [6.07, 6.45) is 2.01. The standard InChI is InChI=1S/C25H29N3O4/c1-4-5-11-32-18-8-6-7-17(14-18)24-21-22(20-16(3)12-15(2)13-19(20)30)26-27-23(21)25(31)28(24)9-10-29/h6-8,12-14,24,29-30H,4-5,9-11H2,1-3H3,(H,26,27)/t24-/m0/s1. The molecule has 4 rings (SSSR count). The third kappa shape index (κ3) is 3.84. The number of aromatic nitrogens is 2. The predicted molar refractivity (Wildman–Crippen MR) is 122 cm³/mol. The number of nitrogens with one attached hydrogen (secondary N) is 1. The highest BCUT2D eigenvalue weighted by atomic mass is 16.5. The Morgan fingerprint density at radius 3 is 2.75 bits per heavy atom. The molecule has 3 aromatic rings. The van der Waals surface area contributed by atoms with Crippen molar-refractivity contribution in [3.05, 3.63) is 64.3 Å². The summed E-state index contributed by atoms with van der Waals surface area (Å²) in [4.78, 5) is 14.8. The van der Waals surface area contributed by atoms with Gasteiger partial charge in [-0.25, -0.2) is 0 Å². The molecule has 1 aromatic heterocycles. The highest BCUT2D eigenvalue weighted by Gasteiger charge is 2.42. The summed E-state index contributed by atoms with van der Waals surface area (Å²) in [7, 11) is 0. The van der Waals surface area contributed by atoms with E-state index in [0.717, 1.165) is 35.3 Å². The van der Waals surface area contributed by atoms with Crippen LogP contribution in [0.1, 0.15) is 58.5 Å². The lowest BCUT2D eigenvalue weighted by Crippen LogP contribution is -2.32. The second-order valence-electron chi connectivity index (χ2n) is 8.24. The fourth-order valence-corrected chi connectivity index (χ4v) is 4.43. The number of aromatic hydroxyl groups is 1. The van der Waals surface area contributed by atoms with Gasteiger partial charge in [0.2, 0.25) is 0 Å². The maximum absolute atomic E-state index is 13.2. The first kappa shape index (κ1) is 21.9. The molecule has 0 radical (unpaired) electrons. The zero-order valence-electron chi connectivity index (χ0n) is 18.7. The normalized spacial score (nSPS) is 15.3. The number of unbranched alkanes of at least 4 members (excludes halogenated alkanes) is 1. The van der Waals surface area contributed by atoms with Crippen LogP contribution in [0.3, 0.4) is 0 Å². The Morgan fingerprint density at radius 1 is 1.22 bits per heavy atom. The molecule has 7 heteroatoms. The number of rotatable bonds is 8. The number of fused-ring (bicyclic) bond motifs is 1. The van der Waals surface area contributed by atoms with E-state index in [0.29, 0.717) is 29.1 Å². The summed E-state index contributed by atoms with van der Waals surface area (Å²) >= 11 is 0. The monoisotopic (exact) mass is 435 g/mol. The molecule has 3 N–H and O–H groups in total. The van der Waals surface area contributed by atoms with E-state index in [1.807, 2.05) is 44.2 Å². The maximum Gasteiger partial charge on any atom is 0.273 e. The van der Waals surface area contributed by atoms with E-state index < -0.39 is 6.04 Å². The van der Waals surface area contributed by atoms with Crippen LogP contribution in [0.4, 0.5) is 0 Å². The minimum atomic E-state index is -0.451. The molecule has 168 valence electrons. The van der Waals surface area contributed by atoms with Crippen LogP contribution in [0.2, 0.25) is 0 Å². The molecule has 2 heterocycles. The third-order valence-electron chi connectivity index (χ3n) is 5.84. The van der Waals surface area contributed by atoms with Crippen LogP contribution >= 0.6 is 0 Å². The molecule has 0 unspecified atom stereocenters. The quantitative estimate of drug-likeness (QED) is 0.463. The van der Waals surface area contributed by atoms with Crippen molar-refractivity contribution in [3.63, 3.8) is 0 Å². The molecular weight excluding hydrogens is 406 g/mol. The number of aryl methyl sites for hydroxylation is 2. The fraction of sp³-hybridized carbons (Fsp3) is 0.360. The zero-order valence-corrected chi connectivity index (χ0v) is 18.7. The van der Waals surface area contributed by atoms with Gasteiger partial charge in [-0.15, -0.1) is 0 Å². The van der Waals surface area contributed by atoms with Crippen molar-refractivity contribution in [2.45, 2.75) is 39.7 Å². The van der Waals surface area contributed by atoms with Crippen LogP contribution in [0.5, 0.6) is 11.5 Å². The lowest BCUT2D eigenvalue weighted by Gasteiger charge is -2.26. The number of phenolic OH excluding ortho intramolecular Hbond substituents is 1. The molecule has 32 heavy (non-hydrogen) atoms. The van der Waals surface area contributed by atoms with E-state index >= 15 is 0 Å². The van der Waals surface area contributed by atoms with Crippen molar-refractivity contribution in [2.75, 3.05) is 19.8 Å². The SMILES string of the molecule is CCCCOc1cccc([C@H]2c3c(-c4c(C)cc(C)cc4O)n[nH]c3C(=O)N2CCO)c1. The van der Waals surface area contributed by atoms with Crippen LogP contribution < -0.4 is 4.74 Å². The largest absolute Gasteiger partial charge is 0.507 e. The van der Waals surface area contributed by atoms with E-state index in [1.165, 1.54) is 0 Å². The molecule has 2 aromatic carbocycles. The molecule has 0 saturated heterocycles. The highest BCUT2D eigenvalue weighted by molar-refractivity contribution is 6.00. The summed E-state index contributed by atoms with van der Waals surface area (Å²) in [6.45, 7) is 6.61. The number of amides is 1. The maximum atomic E-state index is 13.2. The number of aliphatic hydroxyl groups is 1. The summed E-state index contributed by atoms with van der Waals surface area (Å²) in [5.41, 5.74) is 4.93. The molecule has 1 amide bonds. The van der Waals surface area contributed by atoms with Gasteiger partial charge in [0.05, 0.1) is 19.3 Å². The van der Waals surface area contributed by atoms with E-state index in [1.54, 1.807) is 11.0 Å². The lowest BCUT2D eigenvalue weighted by atomic mass is 9.93. The summed E-state index contributed by atoms with van der Waals surface area (Å²) in [6, 6.07) is 10.9. The minimum absolute atomic E-state index is 0.125. The Hall–Kier alpha value is -3.32. The van der Waals surface area contributed by atoms with E-state index in [2.05, 4.69) is 17.1 Å². The number of phenols is 1. The van der Waals surface area contributed by atoms with E-state index in [4.69, 9.17) is 4.74 Å². The van der Waals surface area contributed by atoms with Crippen molar-refractivity contribution < 1.29 is 19.7 Å². The number of carbonyl (C=O) groups excluding carboxylic acids is 1. The summed E-state index contributed by atoms with van der Waals surface area (Å²) in [5, 5.41) is 27.7. The molecule has 1 aliphatic rings. The first-order valence-electron chi connectivity index (χ1n) is 11.0. The van der Waals surface area contributed by atoms with Crippen molar-refractivity contribution in [1.29, 1.82) is 0 Å². The summed E-state index contributed by atoms with van der Waals surface area (Å²) in [5.74, 6) is 0.639. The minimum Gasteiger partial charge on any atom is -0.507 e. The Morgan fingerprint density at radius 2 is 2.03 bits per heavy atom. The number of hydrogen-bond acceptors (Lipinski definition) is 5. The van der Waals surface area contributed by atoms with Gasteiger partial charge in [-0.3, -0.25) is 9.89 Å². The van der Waals surface area contributed by atoms with Crippen LogP contribution in [0.25, 0.3) is 11.3 Å². The molecule has 0 saturated carbocycles. The number of carbonyl (C=O) groups is 1. The number of aromatic amines is 1. The lowest BCUT2D eigenvalue weighted by molar-refractivity contribution is 0.0706. The molecule has 0 bridgehead atoms. The molecule has 0 spiro atoms. The van der Waals surface area contributed by atoms with Gasteiger partial charge in [-0.05, 0) is 55.2 Å². The van der Waals surface area contributed by atoms with Gasteiger partial charge in [0.1, 0.15) is 22.9 Å². The third-order valence-corrected chi connectivity index (χ3v) is 5.84. The first-order chi connectivity index (χ1) is 15.5. The topological polar surface area (TPSA) is 98.7 Å². The molecule has 1 atom stereocenters. The van der Waals surface area contributed by atoms with Gasteiger partial charge in [-0.2, -0.15) is 5.10 Å². The number of hydrogen-bond donors (Lipinski definition) is 3. The first-order valence-corrected chi connectivity index (χ1v) is 11.0. The van der Waals surface area contributed by atoms with Gasteiger partial charge < -0.3 is 19.8 Å². The molecular formula is C25H29N3O4. The Labute approximate surface area is 187 Å². The average molecular weight is 436 g/mol. The van der Waals surface area contributed by atoms with Crippen molar-refractivity contribution >= 4 is 5.91 Å². The molecule has 0 fully saturated rings. The van der Waals surface area contributed by atoms with Gasteiger partial charge in [0.15, 0.2) is 0 Å². The highest BCUT2D eigenvalue weighted by Crippen LogP contribution is 2.45. The molecule has 7 nitrogen and oxygen atoms in total. The van der Waals surface area contributed by atoms with E-state index in [-0.39, 0.29) is 24.8 Å². The number of ether oxygens (including phenoxy) is 1. The number of β-amino-alcohol motifs (C(OH)–C–C–N with tert-alkyl or cyclic N) is 1. The number of nitrogens with zero attached hydrogens (tertiary/aromatic N) is 2. The van der Waals surface area contributed by atoms with Gasteiger partial charge in [0.25, 0.3) is 5.91 Å². The number of benzene rings is 2. The smallest absolute Gasteiger partial charge is 0.273 e. The number of aliphatic hydroxyl groups excluding tert-OH is 1. The van der Waals surface area contributed by atoms with Crippen LogP contribution in [-0.4, -0.2) is 51.0 Å². The Balaban J connectivity index is 1.84. The summed E-state index contributed by atoms with van der Waals surface area (Å²) < 4.78 is 5.89. The number of H-pyrrole nitrogens is 1. The van der Waals surface area contributed by atoms with Crippen LogP contribution in [0, 0.1) is 13.8 Å². The Kier molecular flexibility index (Phi) is 6.19. The molecule has 1 aliphatic heterocycles. The molecule has 0 aliphatic carbocycles. The zero-order chi connectivity index (χ0) is 22.8. The predicted octanol–water partition coefficient (Wildman–Crippen LogP) is 4.12. The average Bonchev–Trinajstić information content (AvgIpc) is 3.28. The van der Waals surface area contributed by atoms with Crippen molar-refractivity contribution in [2.24, 2.45) is 0 Å². The van der Waals surface area contributed by atoms with Gasteiger partial charge >= 0.3 is 0 Å². The second-order valence-corrected chi connectivity index (χ2v) is 8.24. The van der Waals surface area contributed by atoms with Crippen LogP contribution in [0.15, 0.2) is 36.4 Å².